The topological polar surface area (TPSA) is 132 Å². The lowest BCUT2D eigenvalue weighted by Crippen LogP contribution is -2.37. The fraction of sp³-hybridized carbons (Fsp3) is 0.522. The Morgan fingerprint density at radius 1 is 0.576 bits per heavy atom. The van der Waals surface area contributed by atoms with Gasteiger partial charge in [-0.15, -0.1) is 0 Å². The molecule has 0 unspecified atom stereocenters. The average molecular weight is 466 g/mol. The van der Waals surface area contributed by atoms with Gasteiger partial charge in [-0.25, -0.2) is 19.2 Å². The molecular weight excluding hydrogens is 436 g/mol. The van der Waals surface area contributed by atoms with Crippen LogP contribution in [0.3, 0.4) is 0 Å². The van der Waals surface area contributed by atoms with Crippen molar-refractivity contribution in [3.63, 3.8) is 0 Å². The van der Waals surface area contributed by atoms with Gasteiger partial charge >= 0.3 is 29.8 Å². The minimum atomic E-state index is -1.38. The SMILES string of the molecule is CC(C)C(=O)O[C@H](C)C(=O)O[C@H](C)C(=O)O[C@H](C)C(=O)O[C@H](C)C(=O)OCc1ccccc1. The van der Waals surface area contributed by atoms with Crippen molar-refractivity contribution in [1.82, 2.24) is 0 Å². The van der Waals surface area contributed by atoms with E-state index in [9.17, 15) is 24.0 Å². The molecule has 1 aromatic carbocycles. The first-order valence-corrected chi connectivity index (χ1v) is 10.4. The van der Waals surface area contributed by atoms with E-state index in [-0.39, 0.29) is 6.61 Å². The second-order valence-corrected chi connectivity index (χ2v) is 7.56. The van der Waals surface area contributed by atoms with Gasteiger partial charge in [-0.3, -0.25) is 4.79 Å². The molecule has 0 aliphatic carbocycles. The van der Waals surface area contributed by atoms with E-state index in [0.29, 0.717) is 0 Å². The Bertz CT molecular complexity index is 833. The molecule has 0 radical (unpaired) electrons. The molecule has 0 aliphatic heterocycles. The highest BCUT2D eigenvalue weighted by Gasteiger charge is 2.30. The molecular formula is C23H30O10. The average Bonchev–Trinajstić information content (AvgIpc) is 2.77. The lowest BCUT2D eigenvalue weighted by molar-refractivity contribution is -0.185. The number of hydrogen-bond acceptors (Lipinski definition) is 10. The lowest BCUT2D eigenvalue weighted by atomic mass is 10.2. The third-order valence-corrected chi connectivity index (χ3v) is 4.19. The predicted octanol–water partition coefficient (Wildman–Crippen LogP) is 2.11. The van der Waals surface area contributed by atoms with E-state index in [1.54, 1.807) is 38.1 Å². The highest BCUT2D eigenvalue weighted by molar-refractivity contribution is 5.85. The molecule has 0 bridgehead atoms. The van der Waals surface area contributed by atoms with Crippen molar-refractivity contribution in [2.45, 2.75) is 72.6 Å². The Labute approximate surface area is 192 Å². The minimum absolute atomic E-state index is 0.0138. The number of hydrogen-bond donors (Lipinski definition) is 0. The van der Waals surface area contributed by atoms with Gasteiger partial charge < -0.3 is 23.7 Å². The van der Waals surface area contributed by atoms with Crippen LogP contribution in [-0.4, -0.2) is 54.3 Å². The van der Waals surface area contributed by atoms with Crippen LogP contribution in [0.25, 0.3) is 0 Å². The van der Waals surface area contributed by atoms with Crippen LogP contribution in [0.5, 0.6) is 0 Å². The quantitative estimate of drug-likeness (QED) is 0.353. The second kappa shape index (κ2) is 13.2. The Morgan fingerprint density at radius 3 is 1.33 bits per heavy atom. The van der Waals surface area contributed by atoms with Gasteiger partial charge in [-0.1, -0.05) is 44.2 Å². The standard InChI is InChI=1S/C23H30O10/c1-13(2)19(24)30-15(4)21(26)32-17(6)23(28)33-16(5)22(27)31-14(3)20(25)29-12-18-10-8-7-9-11-18/h7-11,13-17H,12H2,1-6H3/t14-,15-,16-,17-/m1/s1. The van der Waals surface area contributed by atoms with E-state index in [1.165, 1.54) is 27.7 Å². The van der Waals surface area contributed by atoms with E-state index in [4.69, 9.17) is 23.7 Å². The van der Waals surface area contributed by atoms with Crippen molar-refractivity contribution < 1.29 is 47.7 Å². The van der Waals surface area contributed by atoms with Gasteiger partial charge in [0.15, 0.2) is 24.4 Å². The van der Waals surface area contributed by atoms with Crippen molar-refractivity contribution in [2.24, 2.45) is 5.92 Å². The summed E-state index contributed by atoms with van der Waals surface area (Å²) in [5.41, 5.74) is 0.767. The Kier molecular flexibility index (Phi) is 11.0. The maximum absolute atomic E-state index is 12.1. The van der Waals surface area contributed by atoms with Crippen LogP contribution in [0.2, 0.25) is 0 Å². The Morgan fingerprint density at radius 2 is 0.939 bits per heavy atom. The zero-order valence-electron chi connectivity index (χ0n) is 19.6. The molecule has 0 spiro atoms. The number of ether oxygens (including phenoxy) is 5. The van der Waals surface area contributed by atoms with E-state index in [2.05, 4.69) is 0 Å². The zero-order chi connectivity index (χ0) is 25.1. The van der Waals surface area contributed by atoms with Crippen molar-refractivity contribution in [1.29, 1.82) is 0 Å². The molecule has 0 aromatic heterocycles. The molecule has 0 saturated carbocycles. The van der Waals surface area contributed by atoms with Crippen LogP contribution >= 0.6 is 0 Å². The normalized spacial score (nSPS) is 14.3. The number of rotatable bonds is 11. The number of benzene rings is 1. The fourth-order valence-corrected chi connectivity index (χ4v) is 2.16. The van der Waals surface area contributed by atoms with Gasteiger partial charge in [0.25, 0.3) is 0 Å². The van der Waals surface area contributed by atoms with Gasteiger partial charge in [0.1, 0.15) is 6.61 Å². The first kappa shape index (κ1) is 27.6. The first-order valence-electron chi connectivity index (χ1n) is 10.4. The molecule has 182 valence electrons. The van der Waals surface area contributed by atoms with Crippen molar-refractivity contribution in [3.8, 4) is 0 Å². The van der Waals surface area contributed by atoms with Gasteiger partial charge in [0.2, 0.25) is 0 Å². The molecule has 0 N–H and O–H groups in total. The maximum Gasteiger partial charge on any atom is 0.347 e. The molecule has 10 nitrogen and oxygen atoms in total. The molecule has 33 heavy (non-hydrogen) atoms. The van der Waals surface area contributed by atoms with Crippen LogP contribution in [0.4, 0.5) is 0 Å². The Hall–Kier alpha value is -3.43. The summed E-state index contributed by atoms with van der Waals surface area (Å²) in [6.07, 6.45) is -5.20. The van der Waals surface area contributed by atoms with E-state index in [0.717, 1.165) is 5.56 Å². The van der Waals surface area contributed by atoms with Crippen LogP contribution in [-0.2, 0) is 54.3 Å². The summed E-state index contributed by atoms with van der Waals surface area (Å²) in [5, 5.41) is 0. The van der Waals surface area contributed by atoms with E-state index in [1.807, 2.05) is 6.07 Å². The molecule has 0 saturated heterocycles. The summed E-state index contributed by atoms with van der Waals surface area (Å²) in [6.45, 7) is 8.32. The van der Waals surface area contributed by atoms with E-state index >= 15 is 0 Å². The molecule has 10 heteroatoms. The second-order valence-electron chi connectivity index (χ2n) is 7.56. The lowest BCUT2D eigenvalue weighted by Gasteiger charge is -2.20. The molecule has 0 amide bonds. The molecule has 4 atom stereocenters. The summed E-state index contributed by atoms with van der Waals surface area (Å²) in [7, 11) is 0. The summed E-state index contributed by atoms with van der Waals surface area (Å²) in [6, 6.07) is 8.95. The van der Waals surface area contributed by atoms with Crippen LogP contribution in [0.1, 0.15) is 47.1 Å². The summed E-state index contributed by atoms with van der Waals surface area (Å²) in [5.74, 6) is -4.74. The van der Waals surface area contributed by atoms with Crippen molar-refractivity contribution >= 4 is 29.8 Å². The zero-order valence-corrected chi connectivity index (χ0v) is 19.6. The third-order valence-electron chi connectivity index (χ3n) is 4.19. The van der Waals surface area contributed by atoms with Crippen LogP contribution < -0.4 is 0 Å². The molecule has 0 fully saturated rings. The third kappa shape index (κ3) is 9.71. The monoisotopic (exact) mass is 466 g/mol. The molecule has 0 heterocycles. The number of esters is 5. The smallest absolute Gasteiger partial charge is 0.347 e. The first-order chi connectivity index (χ1) is 15.4. The Balaban J connectivity index is 2.46. The largest absolute Gasteiger partial charge is 0.458 e. The minimum Gasteiger partial charge on any atom is -0.458 e. The highest BCUT2D eigenvalue weighted by Crippen LogP contribution is 2.08. The number of carbonyl (C=O) groups excluding carboxylic acids is 5. The van der Waals surface area contributed by atoms with Gasteiger partial charge in [0.05, 0.1) is 5.92 Å². The van der Waals surface area contributed by atoms with Crippen LogP contribution in [0.15, 0.2) is 30.3 Å². The highest BCUT2D eigenvalue weighted by atomic mass is 16.6. The van der Waals surface area contributed by atoms with Gasteiger partial charge in [-0.2, -0.15) is 0 Å². The van der Waals surface area contributed by atoms with Crippen LogP contribution in [0, 0.1) is 5.92 Å². The van der Waals surface area contributed by atoms with E-state index < -0.39 is 60.2 Å². The summed E-state index contributed by atoms with van der Waals surface area (Å²) in [4.78, 5) is 59.8. The molecule has 0 aliphatic rings. The summed E-state index contributed by atoms with van der Waals surface area (Å²) < 4.78 is 24.8. The molecule has 1 aromatic rings. The molecule has 1 rings (SSSR count). The predicted molar refractivity (Wildman–Crippen MR) is 113 cm³/mol. The van der Waals surface area contributed by atoms with Gasteiger partial charge in [0, 0.05) is 0 Å². The van der Waals surface area contributed by atoms with Gasteiger partial charge in [-0.05, 0) is 33.3 Å². The number of carbonyl (C=O) groups is 5. The van der Waals surface area contributed by atoms with Crippen molar-refractivity contribution in [2.75, 3.05) is 0 Å². The fourth-order valence-electron chi connectivity index (χ4n) is 2.16. The maximum atomic E-state index is 12.1. The van der Waals surface area contributed by atoms with Crippen molar-refractivity contribution in [3.05, 3.63) is 35.9 Å². The summed E-state index contributed by atoms with van der Waals surface area (Å²) >= 11 is 0.